The largest absolute Gasteiger partial charge is 0.368 e. The molecule has 3 aliphatic rings. The molecule has 7 unspecified atom stereocenters. The summed E-state index contributed by atoms with van der Waals surface area (Å²) >= 11 is 12.2. The van der Waals surface area contributed by atoms with Gasteiger partial charge in [0.2, 0.25) is 5.91 Å². The van der Waals surface area contributed by atoms with Gasteiger partial charge in [0.25, 0.3) is 0 Å². The first-order valence-corrected chi connectivity index (χ1v) is 11.9. The van der Waals surface area contributed by atoms with Crippen LogP contribution in [-0.4, -0.2) is 35.3 Å². The summed E-state index contributed by atoms with van der Waals surface area (Å²) in [5.74, 6) is -0.829. The fraction of sp³-hybridized carbons (Fsp3) is 0.308. The Morgan fingerprint density at radius 2 is 1.62 bits per heavy atom. The van der Waals surface area contributed by atoms with Crippen LogP contribution in [0.4, 0.5) is 5.69 Å². The second-order valence-electron chi connectivity index (χ2n) is 8.91. The van der Waals surface area contributed by atoms with E-state index in [1.807, 2.05) is 49.4 Å². The maximum absolute atomic E-state index is 13.6. The molecular formula is C26H22Cl2N2O4. The Hall–Kier alpha value is -2.48. The van der Waals surface area contributed by atoms with Gasteiger partial charge in [-0.25, -0.2) is 0 Å². The quantitative estimate of drug-likeness (QED) is 0.530. The normalized spacial score (nSPS) is 31.4. The van der Waals surface area contributed by atoms with Gasteiger partial charge in [-0.3, -0.25) is 9.78 Å². The molecule has 3 aliphatic heterocycles. The van der Waals surface area contributed by atoms with Crippen LogP contribution in [0.5, 0.6) is 0 Å². The number of pyridine rings is 1. The topological polar surface area (TPSA) is 69.7 Å². The van der Waals surface area contributed by atoms with Crippen molar-refractivity contribution in [1.29, 1.82) is 0 Å². The molecule has 4 heterocycles. The van der Waals surface area contributed by atoms with Crippen molar-refractivity contribution < 1.29 is 19.0 Å². The minimum atomic E-state index is -0.484. The molecule has 3 aromatic rings. The Morgan fingerprint density at radius 1 is 0.853 bits per heavy atom. The third kappa shape index (κ3) is 3.70. The second kappa shape index (κ2) is 8.63. The van der Waals surface area contributed by atoms with Crippen molar-refractivity contribution in [1.82, 2.24) is 4.98 Å². The molecule has 6 rings (SSSR count). The van der Waals surface area contributed by atoms with Crippen molar-refractivity contribution in [3.8, 4) is 0 Å². The molecule has 3 saturated heterocycles. The van der Waals surface area contributed by atoms with Gasteiger partial charge in [0.1, 0.15) is 12.2 Å². The molecule has 7 atom stereocenters. The van der Waals surface area contributed by atoms with Gasteiger partial charge in [0.15, 0.2) is 6.29 Å². The van der Waals surface area contributed by atoms with Gasteiger partial charge < -0.3 is 19.5 Å². The highest BCUT2D eigenvalue weighted by atomic mass is 35.5. The molecule has 8 heteroatoms. The van der Waals surface area contributed by atoms with Crippen LogP contribution in [0, 0.1) is 12.8 Å². The van der Waals surface area contributed by atoms with Gasteiger partial charge in [-0.1, -0.05) is 53.5 Å². The lowest BCUT2D eigenvalue weighted by atomic mass is 9.72. The molecule has 0 spiro atoms. The fourth-order valence-electron chi connectivity index (χ4n) is 5.38. The highest BCUT2D eigenvalue weighted by Crippen LogP contribution is 2.55. The number of fused-ring (bicyclic) bond motifs is 5. The number of amides is 1. The van der Waals surface area contributed by atoms with Crippen molar-refractivity contribution in [2.45, 2.75) is 43.5 Å². The molecule has 1 amide bonds. The number of hydrogen-bond donors (Lipinski definition) is 1. The molecule has 1 aromatic heterocycles. The van der Waals surface area contributed by atoms with Gasteiger partial charge in [-0.15, -0.1) is 0 Å². The SMILES string of the molecule is Cc1cc(C2C3OC(C4OC(c5ccccc5)OC43)C2C(=O)Nc2ccc(Cl)c(Cl)c2)ccn1. The van der Waals surface area contributed by atoms with Crippen LogP contribution < -0.4 is 5.32 Å². The van der Waals surface area contributed by atoms with E-state index in [4.69, 9.17) is 37.4 Å². The van der Waals surface area contributed by atoms with Crippen molar-refractivity contribution in [3.05, 3.63) is 93.7 Å². The number of carbonyl (C=O) groups excluding carboxylic acids is 1. The van der Waals surface area contributed by atoms with E-state index in [0.717, 1.165) is 16.8 Å². The predicted octanol–water partition coefficient (Wildman–Crippen LogP) is 5.30. The molecule has 2 bridgehead atoms. The first kappa shape index (κ1) is 22.0. The molecule has 2 aromatic carbocycles. The number of benzene rings is 2. The summed E-state index contributed by atoms with van der Waals surface area (Å²) in [6, 6.07) is 18.8. The number of hydrogen-bond acceptors (Lipinski definition) is 5. The lowest BCUT2D eigenvalue weighted by Crippen LogP contribution is -2.48. The zero-order chi connectivity index (χ0) is 23.4. The van der Waals surface area contributed by atoms with Crippen molar-refractivity contribution in [2.24, 2.45) is 5.92 Å². The van der Waals surface area contributed by atoms with Crippen LogP contribution in [0.1, 0.15) is 29.0 Å². The Bertz CT molecular complexity index is 1240. The summed E-state index contributed by atoms with van der Waals surface area (Å²) in [6.45, 7) is 1.94. The molecule has 3 fully saturated rings. The van der Waals surface area contributed by atoms with E-state index < -0.39 is 18.3 Å². The minimum Gasteiger partial charge on any atom is -0.368 e. The van der Waals surface area contributed by atoms with E-state index in [1.165, 1.54) is 0 Å². The van der Waals surface area contributed by atoms with Crippen LogP contribution >= 0.6 is 23.2 Å². The third-order valence-corrected chi connectivity index (χ3v) is 7.55. The van der Waals surface area contributed by atoms with Gasteiger partial charge in [-0.05, 0) is 42.8 Å². The number of aryl methyl sites for hydroxylation is 1. The average molecular weight is 497 g/mol. The summed E-state index contributed by atoms with van der Waals surface area (Å²) in [5.41, 5.74) is 3.41. The van der Waals surface area contributed by atoms with E-state index in [-0.39, 0.29) is 30.1 Å². The number of nitrogens with one attached hydrogen (secondary N) is 1. The molecular weight excluding hydrogens is 475 g/mol. The number of rotatable bonds is 4. The number of aromatic nitrogens is 1. The lowest BCUT2D eigenvalue weighted by molar-refractivity contribution is -0.129. The van der Waals surface area contributed by atoms with Crippen molar-refractivity contribution >= 4 is 34.8 Å². The molecule has 34 heavy (non-hydrogen) atoms. The van der Waals surface area contributed by atoms with E-state index in [0.29, 0.717) is 15.7 Å². The third-order valence-electron chi connectivity index (χ3n) is 6.81. The van der Waals surface area contributed by atoms with Gasteiger partial charge in [0, 0.05) is 29.1 Å². The van der Waals surface area contributed by atoms with E-state index in [1.54, 1.807) is 24.4 Å². The Balaban J connectivity index is 1.33. The van der Waals surface area contributed by atoms with Gasteiger partial charge >= 0.3 is 0 Å². The molecule has 6 nitrogen and oxygen atoms in total. The molecule has 1 N–H and O–H groups in total. The molecule has 0 radical (unpaired) electrons. The molecule has 174 valence electrons. The fourth-order valence-corrected chi connectivity index (χ4v) is 5.67. The number of nitrogens with zero attached hydrogens (tertiary/aromatic N) is 1. The average Bonchev–Trinajstić information content (AvgIpc) is 3.52. The zero-order valence-corrected chi connectivity index (χ0v) is 19.7. The van der Waals surface area contributed by atoms with E-state index in [9.17, 15) is 4.79 Å². The maximum atomic E-state index is 13.6. The van der Waals surface area contributed by atoms with E-state index in [2.05, 4.69) is 10.3 Å². The zero-order valence-electron chi connectivity index (χ0n) is 18.2. The predicted molar refractivity (Wildman–Crippen MR) is 128 cm³/mol. The highest BCUT2D eigenvalue weighted by molar-refractivity contribution is 6.42. The monoisotopic (exact) mass is 496 g/mol. The maximum Gasteiger partial charge on any atom is 0.230 e. The smallest absolute Gasteiger partial charge is 0.230 e. The first-order chi connectivity index (χ1) is 16.5. The number of anilines is 1. The van der Waals surface area contributed by atoms with Crippen LogP contribution in [0.3, 0.4) is 0 Å². The molecule has 0 saturated carbocycles. The summed E-state index contributed by atoms with van der Waals surface area (Å²) < 4.78 is 19.0. The second-order valence-corrected chi connectivity index (χ2v) is 9.72. The Kier molecular flexibility index (Phi) is 5.59. The first-order valence-electron chi connectivity index (χ1n) is 11.2. The summed E-state index contributed by atoms with van der Waals surface area (Å²) in [4.78, 5) is 18.0. The highest BCUT2D eigenvalue weighted by Gasteiger charge is 2.66. The standard InChI is InChI=1S/C26H22Cl2N2O4/c1-13-11-15(9-10-29-13)19-20(25(31)30-16-7-8-17(27)18(28)12-16)22-24-23(21(19)32-22)33-26(34-24)14-5-3-2-4-6-14/h2-12,19-24,26H,1H3,(H,30,31). The number of carbonyl (C=O) groups is 1. The summed E-state index contributed by atoms with van der Waals surface area (Å²) in [6.07, 6.45) is -0.0654. The number of halogens is 2. The van der Waals surface area contributed by atoms with Crippen LogP contribution in [0.25, 0.3) is 0 Å². The van der Waals surface area contributed by atoms with Crippen molar-refractivity contribution in [2.75, 3.05) is 5.32 Å². The van der Waals surface area contributed by atoms with Crippen LogP contribution in [0.15, 0.2) is 66.9 Å². The van der Waals surface area contributed by atoms with Gasteiger partial charge in [0.05, 0.1) is 28.2 Å². The van der Waals surface area contributed by atoms with Crippen LogP contribution in [-0.2, 0) is 19.0 Å². The summed E-state index contributed by atoms with van der Waals surface area (Å²) in [7, 11) is 0. The van der Waals surface area contributed by atoms with Crippen LogP contribution in [0.2, 0.25) is 10.0 Å². The molecule has 0 aliphatic carbocycles. The summed E-state index contributed by atoms with van der Waals surface area (Å²) in [5, 5.41) is 3.81. The number of ether oxygens (including phenoxy) is 3. The van der Waals surface area contributed by atoms with E-state index >= 15 is 0 Å². The Morgan fingerprint density at radius 3 is 2.35 bits per heavy atom. The Labute approximate surface area is 207 Å². The minimum absolute atomic E-state index is 0.157. The van der Waals surface area contributed by atoms with Crippen molar-refractivity contribution in [3.63, 3.8) is 0 Å². The van der Waals surface area contributed by atoms with Gasteiger partial charge in [-0.2, -0.15) is 0 Å². The lowest BCUT2D eigenvalue weighted by Gasteiger charge is -2.32.